The molecule has 0 saturated heterocycles. The topological polar surface area (TPSA) is 132 Å². The molecule has 1 atom stereocenters. The largest absolute Gasteiger partial charge is 0.503 e. The van der Waals surface area contributed by atoms with Gasteiger partial charge < -0.3 is 20.4 Å². The highest BCUT2D eigenvalue weighted by Crippen LogP contribution is 2.56. The van der Waals surface area contributed by atoms with Gasteiger partial charge in [-0.1, -0.05) is 40.2 Å². The van der Waals surface area contributed by atoms with Gasteiger partial charge in [0.05, 0.1) is 10.9 Å². The van der Waals surface area contributed by atoms with Crippen molar-refractivity contribution in [1.82, 2.24) is 0 Å². The molecule has 4 N–H and O–H groups in total. The fourth-order valence-electron chi connectivity index (χ4n) is 3.52. The maximum atomic E-state index is 12.9. The Kier molecular flexibility index (Phi) is 3.89. The number of halogens is 1. The second kappa shape index (κ2) is 5.73. The number of hydrogen-bond acceptors (Lipinski definition) is 8. The molecule has 1 unspecified atom stereocenters. The molecule has 0 spiro atoms. The van der Waals surface area contributed by atoms with E-state index in [4.69, 9.17) is 0 Å². The Hall–Kier alpha value is -2.04. The van der Waals surface area contributed by atoms with Crippen molar-refractivity contribution in [3.05, 3.63) is 52.8 Å². The van der Waals surface area contributed by atoms with Crippen LogP contribution >= 0.6 is 27.7 Å². The van der Waals surface area contributed by atoms with Crippen LogP contribution in [0.2, 0.25) is 0 Å². The molecule has 2 aromatic rings. The number of hydrogen-bond donors (Lipinski definition) is 4. The monoisotopic (exact) mass is 450 g/mol. The van der Waals surface area contributed by atoms with Gasteiger partial charge in [0.15, 0.2) is 11.5 Å². The first-order valence-corrected chi connectivity index (χ1v) is 9.63. The molecular weight excluding hydrogens is 440 g/mol. The van der Waals surface area contributed by atoms with Crippen LogP contribution < -0.4 is 0 Å². The molecular formula is C18H11BrO7S. The van der Waals surface area contributed by atoms with Crippen molar-refractivity contribution < 1.29 is 34.8 Å². The van der Waals surface area contributed by atoms with Crippen LogP contribution in [0.15, 0.2) is 36.1 Å². The van der Waals surface area contributed by atoms with Gasteiger partial charge in [0.1, 0.15) is 0 Å². The van der Waals surface area contributed by atoms with E-state index in [0.717, 1.165) is 0 Å². The van der Waals surface area contributed by atoms with Gasteiger partial charge >= 0.3 is 0 Å². The first kappa shape index (κ1) is 18.3. The number of rotatable bonds is 2. The van der Waals surface area contributed by atoms with Gasteiger partial charge in [-0.3, -0.25) is 14.4 Å². The first-order chi connectivity index (χ1) is 12.6. The summed E-state index contributed by atoms with van der Waals surface area (Å²) in [6.07, 6.45) is 0. The van der Waals surface area contributed by atoms with Crippen LogP contribution in [-0.4, -0.2) is 53.2 Å². The fourth-order valence-corrected chi connectivity index (χ4v) is 4.81. The molecule has 138 valence electrons. The van der Waals surface area contributed by atoms with Crippen molar-refractivity contribution in [2.75, 3.05) is 5.33 Å². The Morgan fingerprint density at radius 2 is 1.81 bits per heavy atom. The Labute approximate surface area is 164 Å². The van der Waals surface area contributed by atoms with Gasteiger partial charge in [-0.2, -0.15) is 0 Å². The molecule has 1 heterocycles. The Bertz CT molecular complexity index is 1100. The summed E-state index contributed by atoms with van der Waals surface area (Å²) in [5, 5.41) is 41.6. The summed E-state index contributed by atoms with van der Waals surface area (Å²) in [4.78, 5) is 34.7. The molecule has 0 radical (unpaired) electrons. The molecule has 27 heavy (non-hydrogen) atoms. The van der Waals surface area contributed by atoms with Crippen LogP contribution in [-0.2, 0) is 4.79 Å². The number of aliphatic hydroxyl groups is 4. The third kappa shape index (κ3) is 2.17. The van der Waals surface area contributed by atoms with Gasteiger partial charge in [0.2, 0.25) is 10.7 Å². The summed E-state index contributed by atoms with van der Waals surface area (Å²) < 4.78 is 0. The van der Waals surface area contributed by atoms with Gasteiger partial charge in [-0.05, 0) is 34.2 Å². The summed E-state index contributed by atoms with van der Waals surface area (Å²) in [5.41, 5.74) is -1.01. The van der Waals surface area contributed by atoms with E-state index in [1.54, 1.807) is 24.3 Å². The number of aliphatic hydroxyl groups excluding tert-OH is 1. The lowest BCUT2D eigenvalue weighted by Crippen LogP contribution is -2.60. The number of benzene rings is 2. The number of carbonyl (C=O) groups excluding carboxylic acids is 3. The summed E-state index contributed by atoms with van der Waals surface area (Å²) in [7, 11) is 0. The van der Waals surface area contributed by atoms with E-state index in [1.165, 1.54) is 6.07 Å². The summed E-state index contributed by atoms with van der Waals surface area (Å²) in [6.45, 7) is 0. The average molecular weight is 451 g/mol. The molecule has 0 aromatic heterocycles. The zero-order valence-corrected chi connectivity index (χ0v) is 15.8. The Balaban J connectivity index is 2.24. The SMILES string of the molecule is O=C1SC2(O)C(=C1O)c1cc3ccccc3c(C(=O)CBr)c1C(=O)C2(O)O. The molecule has 2 aliphatic rings. The highest BCUT2D eigenvalue weighted by Gasteiger charge is 2.67. The van der Waals surface area contributed by atoms with E-state index in [9.17, 15) is 34.8 Å². The van der Waals surface area contributed by atoms with Crippen molar-refractivity contribution in [2.45, 2.75) is 10.7 Å². The summed E-state index contributed by atoms with van der Waals surface area (Å²) in [6, 6.07) is 8.03. The predicted molar refractivity (Wildman–Crippen MR) is 101 cm³/mol. The highest BCUT2D eigenvalue weighted by molar-refractivity contribution is 9.09. The maximum Gasteiger partial charge on any atom is 0.273 e. The van der Waals surface area contributed by atoms with Gasteiger partial charge in [-0.15, -0.1) is 0 Å². The number of fused-ring (bicyclic) bond motifs is 4. The van der Waals surface area contributed by atoms with Crippen molar-refractivity contribution >= 4 is 60.7 Å². The second-order valence-corrected chi connectivity index (χ2v) is 7.94. The number of carbonyl (C=O) groups is 3. The van der Waals surface area contributed by atoms with E-state index >= 15 is 0 Å². The van der Waals surface area contributed by atoms with E-state index in [2.05, 4.69) is 15.9 Å². The van der Waals surface area contributed by atoms with Crippen LogP contribution in [0.4, 0.5) is 0 Å². The number of Topliss-reactive ketones (excluding diaryl/α,β-unsaturated/α-hetero) is 2. The molecule has 0 fully saturated rings. The summed E-state index contributed by atoms with van der Waals surface area (Å²) in [5.74, 6) is -6.14. The van der Waals surface area contributed by atoms with Crippen LogP contribution in [0.1, 0.15) is 26.3 Å². The lowest BCUT2D eigenvalue weighted by Gasteiger charge is -2.40. The fraction of sp³-hybridized carbons (Fsp3) is 0.167. The molecule has 0 bridgehead atoms. The minimum absolute atomic E-state index is 0.0371. The Morgan fingerprint density at radius 3 is 2.48 bits per heavy atom. The number of alkyl halides is 1. The van der Waals surface area contributed by atoms with Crippen molar-refractivity contribution in [2.24, 2.45) is 0 Å². The molecule has 4 rings (SSSR count). The third-order valence-corrected chi connectivity index (χ3v) is 6.42. The smallest absolute Gasteiger partial charge is 0.273 e. The zero-order valence-electron chi connectivity index (χ0n) is 13.4. The molecule has 1 aliphatic heterocycles. The normalized spacial score (nSPS) is 23.6. The third-order valence-electron chi connectivity index (χ3n) is 4.74. The second-order valence-electron chi connectivity index (χ2n) is 6.21. The lowest BCUT2D eigenvalue weighted by atomic mass is 9.75. The van der Waals surface area contributed by atoms with Crippen molar-refractivity contribution in [3.8, 4) is 0 Å². The van der Waals surface area contributed by atoms with Crippen molar-refractivity contribution in [1.29, 1.82) is 0 Å². The number of ketones is 2. The van der Waals surface area contributed by atoms with Crippen LogP contribution in [0, 0.1) is 0 Å². The van der Waals surface area contributed by atoms with E-state index in [-0.39, 0.29) is 33.8 Å². The zero-order chi connectivity index (χ0) is 19.7. The average Bonchev–Trinajstić information content (AvgIpc) is 2.88. The minimum atomic E-state index is -3.41. The van der Waals surface area contributed by atoms with E-state index in [1.807, 2.05) is 0 Å². The van der Waals surface area contributed by atoms with Gasteiger partial charge in [0, 0.05) is 11.1 Å². The van der Waals surface area contributed by atoms with Gasteiger partial charge in [0.25, 0.3) is 10.9 Å². The van der Waals surface area contributed by atoms with E-state index in [0.29, 0.717) is 10.8 Å². The summed E-state index contributed by atoms with van der Waals surface area (Å²) >= 11 is 3.08. The quantitative estimate of drug-likeness (QED) is 0.307. The lowest BCUT2D eigenvalue weighted by molar-refractivity contribution is -0.183. The van der Waals surface area contributed by atoms with Crippen LogP contribution in [0.3, 0.4) is 0 Å². The van der Waals surface area contributed by atoms with E-state index < -0.39 is 38.7 Å². The molecule has 9 heteroatoms. The standard InChI is InChI=1S/C18H11BrO7S/c19-6-10(20)11-8-4-2-1-3-7(8)5-9-12(11)15(22)17(24,25)18(26)13(9)14(21)16(23)27-18/h1-5,21,24-26H,6H2. The van der Waals surface area contributed by atoms with Gasteiger partial charge in [-0.25, -0.2) is 0 Å². The molecule has 1 aliphatic carbocycles. The van der Waals surface area contributed by atoms with Crippen LogP contribution in [0.25, 0.3) is 16.3 Å². The van der Waals surface area contributed by atoms with Crippen molar-refractivity contribution in [3.63, 3.8) is 0 Å². The molecule has 2 aromatic carbocycles. The van der Waals surface area contributed by atoms with Crippen LogP contribution in [0.5, 0.6) is 0 Å². The minimum Gasteiger partial charge on any atom is -0.503 e. The highest BCUT2D eigenvalue weighted by atomic mass is 79.9. The molecule has 0 amide bonds. The maximum absolute atomic E-state index is 12.9. The Morgan fingerprint density at radius 1 is 1.15 bits per heavy atom. The molecule has 7 nitrogen and oxygen atoms in total. The predicted octanol–water partition coefficient (Wildman–Crippen LogP) is 1.53. The first-order valence-electron chi connectivity index (χ1n) is 7.69. The molecule has 0 saturated carbocycles. The number of thioether (sulfide) groups is 1.